The normalized spacial score (nSPS) is 22.2. The molecule has 190 valence electrons. The molecule has 1 aliphatic carbocycles. The number of rotatable bonds is 5. The minimum absolute atomic E-state index is 0.0284. The monoisotopic (exact) mass is 495 g/mol. The molecule has 2 aliphatic heterocycles. The molecule has 1 atom stereocenters. The van der Waals surface area contributed by atoms with Gasteiger partial charge >= 0.3 is 5.97 Å². The Morgan fingerprint density at radius 2 is 1.75 bits per heavy atom. The summed E-state index contributed by atoms with van der Waals surface area (Å²) in [5.41, 5.74) is 2.92. The highest BCUT2D eigenvalue weighted by Gasteiger charge is 2.33. The molecule has 0 radical (unpaired) electrons. The van der Waals surface area contributed by atoms with Crippen LogP contribution in [0.3, 0.4) is 0 Å². The molecule has 4 heterocycles. The summed E-state index contributed by atoms with van der Waals surface area (Å²) in [5, 5.41) is 15.7. The summed E-state index contributed by atoms with van der Waals surface area (Å²) in [4.78, 5) is 21.1. The van der Waals surface area contributed by atoms with Crippen molar-refractivity contribution in [2.75, 3.05) is 31.1 Å². The van der Waals surface area contributed by atoms with E-state index in [9.17, 15) is 18.7 Å². The lowest BCUT2D eigenvalue weighted by atomic mass is 9.82. The number of pyridine rings is 1. The highest BCUT2D eigenvalue weighted by atomic mass is 19.1. The largest absolute Gasteiger partial charge is 0.477 e. The molecule has 36 heavy (non-hydrogen) atoms. The van der Waals surface area contributed by atoms with Crippen LogP contribution in [0.4, 0.5) is 14.5 Å². The SMILES string of the molecule is O=C(O)c1cc(N2CCC(N3CCCC(F)C3)CC2)c2c(C3CCC3)nn(-c3ccc(F)cc3)c2n1. The Bertz CT molecular complexity index is 1270. The summed E-state index contributed by atoms with van der Waals surface area (Å²) in [5.74, 6) is -1.13. The van der Waals surface area contributed by atoms with Crippen LogP contribution in [0.2, 0.25) is 0 Å². The van der Waals surface area contributed by atoms with Crippen LogP contribution in [0.1, 0.15) is 67.0 Å². The van der Waals surface area contributed by atoms with E-state index in [0.29, 0.717) is 36.3 Å². The van der Waals surface area contributed by atoms with Gasteiger partial charge < -0.3 is 10.0 Å². The number of anilines is 1. The van der Waals surface area contributed by atoms with Crippen molar-refractivity contribution in [3.05, 3.63) is 47.5 Å². The van der Waals surface area contributed by atoms with Crippen LogP contribution in [0.5, 0.6) is 0 Å². The number of benzene rings is 1. The summed E-state index contributed by atoms with van der Waals surface area (Å²) < 4.78 is 29.3. The molecule has 2 aromatic heterocycles. The van der Waals surface area contributed by atoms with Crippen molar-refractivity contribution in [3.63, 3.8) is 0 Å². The van der Waals surface area contributed by atoms with Gasteiger partial charge in [0.2, 0.25) is 0 Å². The number of carboxylic acids is 1. The lowest BCUT2D eigenvalue weighted by molar-refractivity contribution is 0.0691. The van der Waals surface area contributed by atoms with Crippen molar-refractivity contribution in [3.8, 4) is 5.69 Å². The molecule has 9 heteroatoms. The maximum atomic E-state index is 14.0. The van der Waals surface area contributed by atoms with Gasteiger partial charge in [0.1, 0.15) is 12.0 Å². The molecular formula is C27H31F2N5O2. The number of aromatic carboxylic acids is 1. The van der Waals surface area contributed by atoms with Gasteiger partial charge in [-0.25, -0.2) is 23.2 Å². The maximum absolute atomic E-state index is 14.0. The standard InChI is InChI=1S/C27H31F2N5O2/c28-18-6-8-21(9-7-18)34-26-24(25(31-34)17-3-1-4-17)23(15-22(30-26)27(35)36)32-13-10-20(11-14-32)33-12-2-5-19(29)16-33/h6-9,15,17,19-20H,1-5,10-14,16H2,(H,35,36). The average Bonchev–Trinajstić information content (AvgIpc) is 3.22. The van der Waals surface area contributed by atoms with Gasteiger partial charge in [-0.05, 0) is 75.4 Å². The van der Waals surface area contributed by atoms with Gasteiger partial charge in [-0.1, -0.05) is 6.42 Å². The Hall–Kier alpha value is -3.07. The van der Waals surface area contributed by atoms with E-state index in [1.807, 2.05) is 0 Å². The third kappa shape index (κ3) is 4.23. The Kier molecular flexibility index (Phi) is 6.11. The van der Waals surface area contributed by atoms with Gasteiger partial charge in [0.15, 0.2) is 11.3 Å². The predicted octanol–water partition coefficient (Wildman–Crippen LogP) is 4.93. The third-order valence-corrected chi connectivity index (χ3v) is 8.14. The second kappa shape index (κ2) is 9.42. The Balaban J connectivity index is 1.40. The molecule has 1 saturated carbocycles. The van der Waals surface area contributed by atoms with E-state index in [-0.39, 0.29) is 11.5 Å². The number of alkyl halides is 1. The number of halogens is 2. The first kappa shape index (κ1) is 23.3. The second-order valence-electron chi connectivity index (χ2n) is 10.4. The van der Waals surface area contributed by atoms with Crippen molar-refractivity contribution in [2.24, 2.45) is 0 Å². The fraction of sp³-hybridized carbons (Fsp3) is 0.519. The minimum Gasteiger partial charge on any atom is -0.477 e. The number of carbonyl (C=O) groups is 1. The van der Waals surface area contributed by atoms with Gasteiger partial charge in [-0.2, -0.15) is 5.10 Å². The molecule has 3 aromatic rings. The Morgan fingerprint density at radius 3 is 2.39 bits per heavy atom. The third-order valence-electron chi connectivity index (χ3n) is 8.14. The number of aromatic nitrogens is 3. The fourth-order valence-corrected chi connectivity index (χ4v) is 5.97. The van der Waals surface area contributed by atoms with Crippen LogP contribution in [0, 0.1) is 5.82 Å². The van der Waals surface area contributed by atoms with E-state index in [4.69, 9.17) is 5.10 Å². The van der Waals surface area contributed by atoms with Crippen LogP contribution in [-0.2, 0) is 0 Å². The van der Waals surface area contributed by atoms with E-state index >= 15 is 0 Å². The molecule has 1 N–H and O–H groups in total. The first-order chi connectivity index (χ1) is 17.5. The highest BCUT2D eigenvalue weighted by molar-refractivity contribution is 5.98. The average molecular weight is 496 g/mol. The van der Waals surface area contributed by atoms with Crippen LogP contribution in [0.25, 0.3) is 16.7 Å². The van der Waals surface area contributed by atoms with Gasteiger partial charge in [0.05, 0.1) is 22.5 Å². The number of likely N-dealkylation sites (tertiary alicyclic amines) is 1. The van der Waals surface area contributed by atoms with Crippen LogP contribution in [-0.4, -0.2) is 69.1 Å². The predicted molar refractivity (Wildman–Crippen MR) is 133 cm³/mol. The second-order valence-corrected chi connectivity index (χ2v) is 10.4. The molecule has 3 aliphatic rings. The summed E-state index contributed by atoms with van der Waals surface area (Å²) in [7, 11) is 0. The number of piperidine rings is 2. The van der Waals surface area contributed by atoms with E-state index in [2.05, 4.69) is 14.8 Å². The number of nitrogens with zero attached hydrogens (tertiary/aromatic N) is 5. The lowest BCUT2D eigenvalue weighted by Gasteiger charge is -2.41. The van der Waals surface area contributed by atoms with Crippen LogP contribution in [0.15, 0.2) is 30.3 Å². The molecule has 2 saturated heterocycles. The smallest absolute Gasteiger partial charge is 0.354 e. The molecule has 6 rings (SSSR count). The summed E-state index contributed by atoms with van der Waals surface area (Å²) in [6.45, 7) is 3.00. The molecular weight excluding hydrogens is 464 g/mol. The number of hydrogen-bond acceptors (Lipinski definition) is 5. The highest BCUT2D eigenvalue weighted by Crippen LogP contribution is 2.43. The molecule has 7 nitrogen and oxygen atoms in total. The van der Waals surface area contributed by atoms with Crippen molar-refractivity contribution >= 4 is 22.7 Å². The van der Waals surface area contributed by atoms with Gasteiger partial charge in [0, 0.05) is 31.6 Å². The number of carboxylic acid groups (broad SMARTS) is 1. The van der Waals surface area contributed by atoms with Gasteiger partial charge in [0.25, 0.3) is 0 Å². The van der Waals surface area contributed by atoms with Crippen molar-refractivity contribution in [2.45, 2.75) is 63.1 Å². The molecule has 1 unspecified atom stereocenters. The zero-order chi connectivity index (χ0) is 24.8. The van der Waals surface area contributed by atoms with E-state index < -0.39 is 12.1 Å². The summed E-state index contributed by atoms with van der Waals surface area (Å²) >= 11 is 0. The quantitative estimate of drug-likeness (QED) is 0.541. The fourth-order valence-electron chi connectivity index (χ4n) is 5.97. The maximum Gasteiger partial charge on any atom is 0.354 e. The van der Waals surface area contributed by atoms with Crippen molar-refractivity contribution in [1.82, 2.24) is 19.7 Å². The first-order valence-corrected chi connectivity index (χ1v) is 13.0. The van der Waals surface area contributed by atoms with Crippen LogP contribution < -0.4 is 4.90 Å². The molecule has 0 amide bonds. The van der Waals surface area contributed by atoms with E-state index in [1.54, 1.807) is 22.9 Å². The number of hydrogen-bond donors (Lipinski definition) is 1. The number of fused-ring (bicyclic) bond motifs is 1. The zero-order valence-electron chi connectivity index (χ0n) is 20.2. The van der Waals surface area contributed by atoms with Crippen LogP contribution >= 0.6 is 0 Å². The molecule has 1 aromatic carbocycles. The Morgan fingerprint density at radius 1 is 1.00 bits per heavy atom. The van der Waals surface area contributed by atoms with Crippen molar-refractivity contribution < 1.29 is 18.7 Å². The minimum atomic E-state index is -1.09. The molecule has 3 fully saturated rings. The summed E-state index contributed by atoms with van der Waals surface area (Å²) in [6, 6.07) is 8.07. The van der Waals surface area contributed by atoms with Gasteiger partial charge in [-0.15, -0.1) is 0 Å². The topological polar surface area (TPSA) is 74.5 Å². The molecule has 0 bridgehead atoms. The van der Waals surface area contributed by atoms with E-state index in [0.717, 1.165) is 74.9 Å². The van der Waals surface area contributed by atoms with Crippen molar-refractivity contribution in [1.29, 1.82) is 0 Å². The van der Waals surface area contributed by atoms with E-state index in [1.165, 1.54) is 12.1 Å². The van der Waals surface area contributed by atoms with Gasteiger partial charge in [-0.3, -0.25) is 4.90 Å². The Labute approximate surface area is 208 Å². The first-order valence-electron chi connectivity index (χ1n) is 13.0. The lowest BCUT2D eigenvalue weighted by Crippen LogP contribution is -2.49. The summed E-state index contributed by atoms with van der Waals surface area (Å²) in [6.07, 6.45) is 5.85. The zero-order valence-corrected chi connectivity index (χ0v) is 20.2. The molecule has 0 spiro atoms.